The maximum Gasteiger partial charge on any atom is 0.287 e. The van der Waals surface area contributed by atoms with Crippen molar-refractivity contribution in [3.05, 3.63) is 21.6 Å². The zero-order valence-corrected chi connectivity index (χ0v) is 12.4. The van der Waals surface area contributed by atoms with E-state index in [9.17, 15) is 4.79 Å². The lowest BCUT2D eigenvalue weighted by molar-refractivity contribution is 0.266. The van der Waals surface area contributed by atoms with Gasteiger partial charge in [0.15, 0.2) is 0 Å². The minimum Gasteiger partial charge on any atom is -0.394 e. The second kappa shape index (κ2) is 7.06. The van der Waals surface area contributed by atoms with Crippen molar-refractivity contribution in [2.45, 2.75) is 31.8 Å². The van der Waals surface area contributed by atoms with Crippen molar-refractivity contribution >= 4 is 17.3 Å². The second-order valence-electron chi connectivity index (χ2n) is 5.04. The van der Waals surface area contributed by atoms with Gasteiger partial charge in [-0.1, -0.05) is 11.6 Å². The number of hydrogen-bond donors (Lipinski definition) is 2. The van der Waals surface area contributed by atoms with E-state index < -0.39 is 0 Å². The molecule has 7 heteroatoms. The Kier molecular flexibility index (Phi) is 5.39. The van der Waals surface area contributed by atoms with Crippen molar-refractivity contribution in [2.24, 2.45) is 0 Å². The minimum atomic E-state index is -0.350. The zero-order valence-electron chi connectivity index (χ0n) is 11.7. The first kappa shape index (κ1) is 15.3. The number of nitrogens with one attached hydrogen (secondary N) is 1. The molecule has 1 atom stereocenters. The van der Waals surface area contributed by atoms with Gasteiger partial charge in [-0.3, -0.25) is 4.79 Å². The first-order valence-corrected chi connectivity index (χ1v) is 7.33. The van der Waals surface area contributed by atoms with E-state index in [2.05, 4.69) is 10.4 Å². The van der Waals surface area contributed by atoms with Crippen LogP contribution in [0.5, 0.6) is 0 Å². The highest BCUT2D eigenvalue weighted by Crippen LogP contribution is 2.24. The van der Waals surface area contributed by atoms with Gasteiger partial charge >= 0.3 is 0 Å². The molecule has 1 saturated heterocycles. The first-order chi connectivity index (χ1) is 9.65. The summed E-state index contributed by atoms with van der Waals surface area (Å²) in [5.74, 6) is 0. The summed E-state index contributed by atoms with van der Waals surface area (Å²) in [6, 6.07) is 0.359. The lowest BCUT2D eigenvalue weighted by atomic mass is 10.1. The molecule has 0 amide bonds. The predicted molar refractivity (Wildman–Crippen MR) is 79.5 cm³/mol. The van der Waals surface area contributed by atoms with Gasteiger partial charge in [0.1, 0.15) is 5.02 Å². The van der Waals surface area contributed by atoms with E-state index in [0.29, 0.717) is 11.7 Å². The lowest BCUT2D eigenvalue weighted by Gasteiger charge is -2.29. The van der Waals surface area contributed by atoms with Gasteiger partial charge in [-0.25, -0.2) is 4.68 Å². The molecule has 1 fully saturated rings. The molecule has 2 heterocycles. The molecular formula is C13H21ClN4O2. The quantitative estimate of drug-likeness (QED) is 0.846. The lowest BCUT2D eigenvalue weighted by Crippen LogP contribution is -2.35. The Bertz CT molecular complexity index is 498. The molecule has 0 radical (unpaired) electrons. The van der Waals surface area contributed by atoms with E-state index in [-0.39, 0.29) is 23.7 Å². The summed E-state index contributed by atoms with van der Waals surface area (Å²) in [6.07, 6.45) is 4.81. The molecule has 2 rings (SSSR count). The predicted octanol–water partition coefficient (Wildman–Crippen LogP) is 0.467. The number of halogens is 1. The van der Waals surface area contributed by atoms with E-state index in [4.69, 9.17) is 16.7 Å². The number of rotatable bonds is 4. The molecule has 6 nitrogen and oxygen atoms in total. The van der Waals surface area contributed by atoms with Gasteiger partial charge in [0.05, 0.1) is 25.0 Å². The van der Waals surface area contributed by atoms with Crippen molar-refractivity contribution in [1.29, 1.82) is 0 Å². The van der Waals surface area contributed by atoms with E-state index in [1.165, 1.54) is 4.68 Å². The Labute approximate surface area is 123 Å². The average molecular weight is 301 g/mol. The Morgan fingerprint density at radius 1 is 1.55 bits per heavy atom. The Morgan fingerprint density at radius 3 is 3.10 bits per heavy atom. The van der Waals surface area contributed by atoms with Crippen LogP contribution in [0.3, 0.4) is 0 Å². The summed E-state index contributed by atoms with van der Waals surface area (Å²) in [5, 5.41) is 16.5. The highest BCUT2D eigenvalue weighted by atomic mass is 35.5. The SMILES string of the molecule is CN(c1cnn(CCO)c(=O)c1Cl)C1CCCNCC1. The number of hydrogen-bond acceptors (Lipinski definition) is 5. The van der Waals surface area contributed by atoms with Crippen LogP contribution in [0.15, 0.2) is 11.0 Å². The molecule has 0 bridgehead atoms. The van der Waals surface area contributed by atoms with Crippen LogP contribution in [0.1, 0.15) is 19.3 Å². The van der Waals surface area contributed by atoms with Gasteiger partial charge in [0.25, 0.3) is 5.56 Å². The molecule has 1 aliphatic rings. The smallest absolute Gasteiger partial charge is 0.287 e. The zero-order chi connectivity index (χ0) is 14.5. The monoisotopic (exact) mass is 300 g/mol. The van der Waals surface area contributed by atoms with Gasteiger partial charge in [0, 0.05) is 13.1 Å². The summed E-state index contributed by atoms with van der Waals surface area (Å²) >= 11 is 6.18. The van der Waals surface area contributed by atoms with Crippen LogP contribution >= 0.6 is 11.6 Å². The second-order valence-corrected chi connectivity index (χ2v) is 5.42. The minimum absolute atomic E-state index is 0.132. The number of aliphatic hydroxyl groups is 1. The Balaban J connectivity index is 2.23. The molecular weight excluding hydrogens is 280 g/mol. The Hall–Kier alpha value is -1.11. The maximum atomic E-state index is 12.1. The largest absolute Gasteiger partial charge is 0.394 e. The van der Waals surface area contributed by atoms with Gasteiger partial charge in [-0.2, -0.15) is 5.10 Å². The van der Waals surface area contributed by atoms with E-state index in [1.54, 1.807) is 6.20 Å². The summed E-state index contributed by atoms with van der Waals surface area (Å²) in [4.78, 5) is 14.1. The number of aromatic nitrogens is 2. The summed E-state index contributed by atoms with van der Waals surface area (Å²) in [7, 11) is 1.95. The van der Waals surface area contributed by atoms with Crippen molar-refractivity contribution in [2.75, 3.05) is 31.6 Å². The van der Waals surface area contributed by atoms with Crippen LogP contribution in [0.4, 0.5) is 5.69 Å². The summed E-state index contributed by atoms with van der Waals surface area (Å²) in [5.41, 5.74) is 0.314. The fraction of sp³-hybridized carbons (Fsp3) is 0.692. The molecule has 20 heavy (non-hydrogen) atoms. The van der Waals surface area contributed by atoms with Crippen LogP contribution in [-0.4, -0.2) is 47.7 Å². The molecule has 0 aliphatic carbocycles. The highest BCUT2D eigenvalue weighted by Gasteiger charge is 2.21. The molecule has 2 N–H and O–H groups in total. The third-order valence-corrected chi connectivity index (χ3v) is 4.11. The average Bonchev–Trinajstić information content (AvgIpc) is 2.73. The number of anilines is 1. The summed E-state index contributed by atoms with van der Waals surface area (Å²) in [6.45, 7) is 2.04. The number of aliphatic hydroxyl groups excluding tert-OH is 1. The van der Waals surface area contributed by atoms with Crippen LogP contribution in [0.2, 0.25) is 5.02 Å². The normalized spacial score (nSPS) is 19.6. The molecule has 1 aromatic rings. The van der Waals surface area contributed by atoms with Crippen molar-refractivity contribution in [3.63, 3.8) is 0 Å². The fourth-order valence-corrected chi connectivity index (χ4v) is 2.82. The van der Waals surface area contributed by atoms with E-state index >= 15 is 0 Å². The molecule has 112 valence electrons. The third kappa shape index (κ3) is 3.31. The van der Waals surface area contributed by atoms with Crippen molar-refractivity contribution in [3.8, 4) is 0 Å². The molecule has 1 unspecified atom stereocenters. The van der Waals surface area contributed by atoms with Gasteiger partial charge < -0.3 is 15.3 Å². The van der Waals surface area contributed by atoms with Gasteiger partial charge in [-0.15, -0.1) is 0 Å². The van der Waals surface area contributed by atoms with Crippen LogP contribution < -0.4 is 15.8 Å². The van der Waals surface area contributed by atoms with Crippen LogP contribution in [-0.2, 0) is 6.54 Å². The topological polar surface area (TPSA) is 70.4 Å². The maximum absolute atomic E-state index is 12.1. The molecule has 0 aromatic carbocycles. The van der Waals surface area contributed by atoms with Crippen LogP contribution in [0, 0.1) is 0 Å². The van der Waals surface area contributed by atoms with Crippen molar-refractivity contribution in [1.82, 2.24) is 15.1 Å². The highest BCUT2D eigenvalue weighted by molar-refractivity contribution is 6.33. The summed E-state index contributed by atoms with van der Waals surface area (Å²) < 4.78 is 1.19. The fourth-order valence-electron chi connectivity index (χ4n) is 2.54. The van der Waals surface area contributed by atoms with E-state index in [0.717, 1.165) is 32.4 Å². The molecule has 1 aliphatic heterocycles. The Morgan fingerprint density at radius 2 is 2.35 bits per heavy atom. The third-order valence-electron chi connectivity index (χ3n) is 3.75. The van der Waals surface area contributed by atoms with Crippen molar-refractivity contribution < 1.29 is 5.11 Å². The molecule has 0 spiro atoms. The first-order valence-electron chi connectivity index (χ1n) is 6.95. The van der Waals surface area contributed by atoms with Gasteiger partial charge in [-0.05, 0) is 32.4 Å². The van der Waals surface area contributed by atoms with Gasteiger partial charge in [0.2, 0.25) is 0 Å². The standard InChI is InChI=1S/C13H21ClN4O2/c1-17(10-3-2-5-15-6-4-10)11-9-16-18(7-8-19)13(20)12(11)14/h9-10,15,19H,2-8H2,1H3. The number of nitrogens with zero attached hydrogens (tertiary/aromatic N) is 3. The molecule has 0 saturated carbocycles. The van der Waals surface area contributed by atoms with E-state index in [1.807, 2.05) is 11.9 Å². The van der Waals surface area contributed by atoms with Crippen LogP contribution in [0.25, 0.3) is 0 Å². The molecule has 1 aromatic heterocycles.